The highest BCUT2D eigenvalue weighted by atomic mass is 16.5. The Balaban J connectivity index is 1.49. The van der Waals surface area contributed by atoms with Gasteiger partial charge in [0.2, 0.25) is 0 Å². The SMILES string of the molecule is CC(C)(CC1Cc2ccccc2C1)NC[C@@H](O)COc1c(C#N)cccc1CCCC(=O)O. The maximum Gasteiger partial charge on any atom is 0.303 e. The topological polar surface area (TPSA) is 103 Å². The van der Waals surface area contributed by atoms with Gasteiger partial charge in [0, 0.05) is 18.5 Å². The number of para-hydroxylation sites is 1. The molecule has 0 saturated heterocycles. The van der Waals surface area contributed by atoms with E-state index in [4.69, 9.17) is 9.84 Å². The molecule has 1 aliphatic rings. The Morgan fingerprint density at radius 3 is 2.55 bits per heavy atom. The third kappa shape index (κ3) is 7.31. The van der Waals surface area contributed by atoms with Crippen molar-refractivity contribution >= 4 is 5.97 Å². The summed E-state index contributed by atoms with van der Waals surface area (Å²) in [5, 5.41) is 32.3. The van der Waals surface area contributed by atoms with Crippen LogP contribution in [0.15, 0.2) is 42.5 Å². The molecule has 0 spiro atoms. The summed E-state index contributed by atoms with van der Waals surface area (Å²) < 4.78 is 5.86. The number of nitriles is 1. The third-order valence-electron chi connectivity index (χ3n) is 6.22. The van der Waals surface area contributed by atoms with Gasteiger partial charge < -0.3 is 20.3 Å². The Labute approximate surface area is 196 Å². The minimum Gasteiger partial charge on any atom is -0.489 e. The molecule has 3 rings (SSSR count). The highest BCUT2D eigenvalue weighted by molar-refractivity contribution is 5.66. The lowest BCUT2D eigenvalue weighted by atomic mass is 9.88. The Kier molecular flexibility index (Phi) is 8.49. The number of β-amino-alcohol motifs (C(OH)–C–C–N with tert-alkyl or cyclic N) is 1. The van der Waals surface area contributed by atoms with E-state index >= 15 is 0 Å². The molecule has 6 heteroatoms. The van der Waals surface area contributed by atoms with E-state index in [-0.39, 0.29) is 18.6 Å². The summed E-state index contributed by atoms with van der Waals surface area (Å²) in [4.78, 5) is 10.8. The van der Waals surface area contributed by atoms with Crippen molar-refractivity contribution in [1.82, 2.24) is 5.32 Å². The first kappa shape index (κ1) is 24.8. The molecular formula is C27H34N2O4. The molecule has 33 heavy (non-hydrogen) atoms. The van der Waals surface area contributed by atoms with E-state index in [1.165, 1.54) is 11.1 Å². The van der Waals surface area contributed by atoms with E-state index in [0.29, 0.717) is 36.6 Å². The molecule has 6 nitrogen and oxygen atoms in total. The fraction of sp³-hybridized carbons (Fsp3) is 0.481. The molecule has 0 aromatic heterocycles. The zero-order valence-electron chi connectivity index (χ0n) is 19.5. The summed E-state index contributed by atoms with van der Waals surface area (Å²) in [6.45, 7) is 4.77. The van der Waals surface area contributed by atoms with Gasteiger partial charge in [0.15, 0.2) is 0 Å². The van der Waals surface area contributed by atoms with E-state index in [1.54, 1.807) is 12.1 Å². The maximum absolute atomic E-state index is 10.8. The second-order valence-electron chi connectivity index (χ2n) is 9.63. The monoisotopic (exact) mass is 450 g/mol. The van der Waals surface area contributed by atoms with Crippen LogP contribution in [0.4, 0.5) is 0 Å². The number of hydrogen-bond donors (Lipinski definition) is 3. The molecule has 2 aromatic rings. The van der Waals surface area contributed by atoms with Crippen molar-refractivity contribution in [2.75, 3.05) is 13.2 Å². The number of aliphatic hydroxyl groups is 1. The number of aryl methyl sites for hydroxylation is 1. The van der Waals surface area contributed by atoms with E-state index < -0.39 is 12.1 Å². The highest BCUT2D eigenvalue weighted by Gasteiger charge is 2.28. The molecule has 0 saturated carbocycles. The number of carboxylic acid groups (broad SMARTS) is 1. The fourth-order valence-corrected chi connectivity index (χ4v) is 4.69. The maximum atomic E-state index is 10.8. The normalized spacial score (nSPS) is 14.5. The lowest BCUT2D eigenvalue weighted by Crippen LogP contribution is -2.46. The number of ether oxygens (including phenoxy) is 1. The molecule has 0 heterocycles. The summed E-state index contributed by atoms with van der Waals surface area (Å²) in [5.41, 5.74) is 3.95. The van der Waals surface area contributed by atoms with Crippen LogP contribution < -0.4 is 10.1 Å². The first-order chi connectivity index (χ1) is 15.8. The summed E-state index contributed by atoms with van der Waals surface area (Å²) in [5.74, 6) is 0.182. The molecule has 0 aliphatic heterocycles. The molecule has 3 N–H and O–H groups in total. The van der Waals surface area contributed by atoms with Crippen molar-refractivity contribution in [3.8, 4) is 11.8 Å². The number of aliphatic carboxylic acids is 1. The van der Waals surface area contributed by atoms with Gasteiger partial charge in [0.05, 0.1) is 5.56 Å². The van der Waals surface area contributed by atoms with Crippen molar-refractivity contribution in [2.24, 2.45) is 5.92 Å². The summed E-state index contributed by atoms with van der Waals surface area (Å²) in [7, 11) is 0. The summed E-state index contributed by atoms with van der Waals surface area (Å²) in [6, 6.07) is 16.0. The van der Waals surface area contributed by atoms with Crippen molar-refractivity contribution in [2.45, 2.75) is 64.0 Å². The van der Waals surface area contributed by atoms with Gasteiger partial charge in [-0.15, -0.1) is 0 Å². The number of benzene rings is 2. The second-order valence-corrected chi connectivity index (χ2v) is 9.63. The predicted molar refractivity (Wildman–Crippen MR) is 127 cm³/mol. The molecule has 0 bridgehead atoms. The molecule has 0 unspecified atom stereocenters. The largest absolute Gasteiger partial charge is 0.489 e. The van der Waals surface area contributed by atoms with Crippen LogP contribution in [0.2, 0.25) is 0 Å². The van der Waals surface area contributed by atoms with Crippen LogP contribution in [0.3, 0.4) is 0 Å². The molecule has 1 atom stereocenters. The average molecular weight is 451 g/mol. The minimum absolute atomic E-state index is 0.0581. The number of aliphatic hydroxyl groups excluding tert-OH is 1. The van der Waals surface area contributed by atoms with Crippen LogP contribution in [0.1, 0.15) is 55.4 Å². The van der Waals surface area contributed by atoms with Crippen molar-refractivity contribution in [3.05, 3.63) is 64.7 Å². The van der Waals surface area contributed by atoms with Gasteiger partial charge in [-0.3, -0.25) is 4.79 Å². The van der Waals surface area contributed by atoms with E-state index in [0.717, 1.165) is 24.8 Å². The predicted octanol–water partition coefficient (Wildman–Crippen LogP) is 3.88. The zero-order valence-corrected chi connectivity index (χ0v) is 19.5. The lowest BCUT2D eigenvalue weighted by molar-refractivity contribution is -0.137. The molecule has 176 valence electrons. The number of rotatable bonds is 12. The van der Waals surface area contributed by atoms with Gasteiger partial charge >= 0.3 is 5.97 Å². The number of carboxylic acids is 1. The van der Waals surface area contributed by atoms with E-state index in [9.17, 15) is 15.2 Å². The molecule has 2 aromatic carbocycles. The van der Waals surface area contributed by atoms with Gasteiger partial charge in [0.25, 0.3) is 0 Å². The zero-order chi connectivity index (χ0) is 23.8. The third-order valence-corrected chi connectivity index (χ3v) is 6.22. The number of hydrogen-bond acceptors (Lipinski definition) is 5. The van der Waals surface area contributed by atoms with Gasteiger partial charge in [-0.05, 0) is 74.6 Å². The fourth-order valence-electron chi connectivity index (χ4n) is 4.69. The quantitative estimate of drug-likeness (QED) is 0.454. The molecule has 1 aliphatic carbocycles. The Hall–Kier alpha value is -2.88. The van der Waals surface area contributed by atoms with Crippen molar-refractivity contribution in [3.63, 3.8) is 0 Å². The van der Waals surface area contributed by atoms with Crippen LogP contribution in [-0.2, 0) is 24.1 Å². The minimum atomic E-state index is -0.848. The summed E-state index contributed by atoms with van der Waals surface area (Å²) >= 11 is 0. The van der Waals surface area contributed by atoms with Gasteiger partial charge in [-0.1, -0.05) is 36.4 Å². The molecule has 0 fully saturated rings. The van der Waals surface area contributed by atoms with E-state index in [1.807, 2.05) is 6.07 Å². The smallest absolute Gasteiger partial charge is 0.303 e. The van der Waals surface area contributed by atoms with Crippen molar-refractivity contribution < 1.29 is 19.7 Å². The van der Waals surface area contributed by atoms with Gasteiger partial charge in [0.1, 0.15) is 24.5 Å². The Morgan fingerprint density at radius 2 is 1.91 bits per heavy atom. The van der Waals surface area contributed by atoms with Crippen LogP contribution in [-0.4, -0.2) is 41.0 Å². The second kappa shape index (κ2) is 11.3. The average Bonchev–Trinajstić information content (AvgIpc) is 3.17. The number of fused-ring (bicyclic) bond motifs is 1. The lowest BCUT2D eigenvalue weighted by Gasteiger charge is -2.30. The molecule has 0 amide bonds. The first-order valence-corrected chi connectivity index (χ1v) is 11.6. The Bertz CT molecular complexity index is 971. The highest BCUT2D eigenvalue weighted by Crippen LogP contribution is 2.32. The molecule has 0 radical (unpaired) electrons. The summed E-state index contributed by atoms with van der Waals surface area (Å²) in [6.07, 6.45) is 3.50. The number of nitrogens with zero attached hydrogens (tertiary/aromatic N) is 1. The Morgan fingerprint density at radius 1 is 1.21 bits per heavy atom. The van der Waals surface area contributed by atoms with E-state index in [2.05, 4.69) is 49.5 Å². The van der Waals surface area contributed by atoms with Crippen molar-refractivity contribution in [1.29, 1.82) is 5.26 Å². The number of carbonyl (C=O) groups is 1. The van der Waals surface area contributed by atoms with Crippen LogP contribution in [0.5, 0.6) is 5.75 Å². The molecular weight excluding hydrogens is 416 g/mol. The first-order valence-electron chi connectivity index (χ1n) is 11.6. The van der Waals surface area contributed by atoms with Crippen LogP contribution >= 0.6 is 0 Å². The van der Waals surface area contributed by atoms with Crippen LogP contribution in [0.25, 0.3) is 0 Å². The van der Waals surface area contributed by atoms with Gasteiger partial charge in [-0.2, -0.15) is 5.26 Å². The number of nitrogens with one attached hydrogen (secondary N) is 1. The van der Waals surface area contributed by atoms with Crippen LogP contribution in [0, 0.1) is 17.2 Å². The van der Waals surface area contributed by atoms with Gasteiger partial charge in [-0.25, -0.2) is 0 Å². The standard InChI is InChI=1S/C27H34N2O4/c1-27(2,15-19-13-21-7-3-4-8-22(21)14-19)29-17-24(30)18-33-26-20(10-6-12-25(31)32)9-5-11-23(26)16-28/h3-5,7-9,11,19,24,29-30H,6,10,12-15,17-18H2,1-2H3,(H,31,32)/t24-/m1/s1.